The lowest BCUT2D eigenvalue weighted by Crippen LogP contribution is -2.22. The van der Waals surface area contributed by atoms with Crippen molar-refractivity contribution in [1.29, 1.82) is 0 Å². The first-order valence-corrected chi connectivity index (χ1v) is 9.15. The summed E-state index contributed by atoms with van der Waals surface area (Å²) >= 11 is 13.5. The Morgan fingerprint density at radius 1 is 1.00 bits per heavy atom. The third-order valence-electron chi connectivity index (χ3n) is 3.67. The molecule has 0 aliphatic heterocycles. The van der Waals surface area contributed by atoms with E-state index in [2.05, 4.69) is 4.72 Å². The van der Waals surface area contributed by atoms with Crippen LogP contribution in [0.2, 0.25) is 10.0 Å². The maximum atomic E-state index is 12.6. The number of benzene rings is 3. The van der Waals surface area contributed by atoms with E-state index >= 15 is 0 Å². The summed E-state index contributed by atoms with van der Waals surface area (Å²) in [7, 11) is 3.48. The van der Waals surface area contributed by atoms with Crippen molar-refractivity contribution < 1.29 is 4.79 Å². The van der Waals surface area contributed by atoms with Gasteiger partial charge < -0.3 is 9.62 Å². The zero-order valence-corrected chi connectivity index (χ0v) is 16.0. The molecule has 0 heterocycles. The first-order valence-electron chi connectivity index (χ1n) is 7.58. The molecule has 3 aromatic carbocycles. The van der Waals surface area contributed by atoms with E-state index in [1.807, 2.05) is 48.5 Å². The van der Waals surface area contributed by atoms with Crippen LogP contribution >= 0.6 is 35.1 Å². The molecule has 3 nitrogen and oxygen atoms in total. The van der Waals surface area contributed by atoms with Crippen LogP contribution in [0, 0.1) is 0 Å². The van der Waals surface area contributed by atoms with Crippen molar-refractivity contribution in [2.45, 2.75) is 4.90 Å². The molecule has 1 amide bonds. The molecular weight excluding hydrogens is 375 g/mol. The number of anilines is 1. The Bertz CT molecular complexity index is 924. The van der Waals surface area contributed by atoms with E-state index in [0.29, 0.717) is 15.6 Å². The number of nitrogens with one attached hydrogen (secondary N) is 1. The highest BCUT2D eigenvalue weighted by Crippen LogP contribution is 2.33. The van der Waals surface area contributed by atoms with Crippen LogP contribution in [0.15, 0.2) is 59.5 Å². The fraction of sp³-hybridized carbons (Fsp3) is 0.105. The Morgan fingerprint density at radius 2 is 1.68 bits per heavy atom. The Kier molecular flexibility index (Phi) is 5.42. The molecule has 0 radical (unpaired) electrons. The number of amides is 1. The number of nitrogens with zero attached hydrogens (tertiary/aromatic N) is 1. The minimum absolute atomic E-state index is 0.0574. The molecule has 0 saturated carbocycles. The molecule has 0 spiro atoms. The van der Waals surface area contributed by atoms with Crippen LogP contribution in [0.3, 0.4) is 0 Å². The van der Waals surface area contributed by atoms with Crippen LogP contribution in [-0.4, -0.2) is 24.9 Å². The van der Waals surface area contributed by atoms with Crippen molar-refractivity contribution >= 4 is 57.5 Å². The normalized spacial score (nSPS) is 10.7. The Balaban J connectivity index is 2.03. The number of carbonyl (C=O) groups is 1. The van der Waals surface area contributed by atoms with E-state index in [9.17, 15) is 4.79 Å². The van der Waals surface area contributed by atoms with Gasteiger partial charge in [-0.1, -0.05) is 53.5 Å². The molecule has 0 aliphatic carbocycles. The Labute approximate surface area is 161 Å². The molecule has 3 aromatic rings. The van der Waals surface area contributed by atoms with Gasteiger partial charge in [-0.2, -0.15) is 0 Å². The smallest absolute Gasteiger partial charge is 0.255 e. The standard InChI is InChI=1S/C19H16Cl2N2OS/c1-23(2)19(24)17-8-7-12-5-3-4-6-16(12)18(17)22-25-15-10-13(20)9-14(21)11-15/h3-11,22H,1-2H3. The number of carbonyl (C=O) groups excluding carboxylic acids is 1. The lowest BCUT2D eigenvalue weighted by atomic mass is 10.0. The number of hydrogen-bond donors (Lipinski definition) is 1. The van der Waals surface area contributed by atoms with Gasteiger partial charge in [0, 0.05) is 34.4 Å². The maximum absolute atomic E-state index is 12.6. The second-order valence-electron chi connectivity index (χ2n) is 5.72. The Morgan fingerprint density at radius 3 is 2.36 bits per heavy atom. The molecule has 0 atom stereocenters. The minimum atomic E-state index is -0.0574. The molecule has 0 saturated heterocycles. The van der Waals surface area contributed by atoms with E-state index in [4.69, 9.17) is 23.2 Å². The predicted molar refractivity (Wildman–Crippen MR) is 108 cm³/mol. The number of halogens is 2. The molecule has 0 aromatic heterocycles. The highest BCUT2D eigenvalue weighted by molar-refractivity contribution is 8.00. The first-order chi connectivity index (χ1) is 12.0. The van der Waals surface area contributed by atoms with Gasteiger partial charge in [-0.05, 0) is 41.6 Å². The van der Waals surface area contributed by atoms with Crippen LogP contribution in [0.25, 0.3) is 10.8 Å². The second kappa shape index (κ2) is 7.56. The average Bonchev–Trinajstić information content (AvgIpc) is 2.58. The third-order valence-corrected chi connectivity index (χ3v) is 4.89. The summed E-state index contributed by atoms with van der Waals surface area (Å²) in [4.78, 5) is 15.0. The molecule has 1 N–H and O–H groups in total. The Hall–Kier alpha value is -1.88. The first kappa shape index (κ1) is 17.9. The van der Waals surface area contributed by atoms with Gasteiger partial charge in [-0.15, -0.1) is 0 Å². The lowest BCUT2D eigenvalue weighted by molar-refractivity contribution is 0.0829. The summed E-state index contributed by atoms with van der Waals surface area (Å²) in [5.41, 5.74) is 1.39. The zero-order chi connectivity index (χ0) is 18.0. The lowest BCUT2D eigenvalue weighted by Gasteiger charge is -2.17. The zero-order valence-electron chi connectivity index (χ0n) is 13.7. The topological polar surface area (TPSA) is 32.3 Å². The molecule has 25 heavy (non-hydrogen) atoms. The summed E-state index contributed by atoms with van der Waals surface area (Å²) in [6.07, 6.45) is 0. The van der Waals surface area contributed by atoms with Gasteiger partial charge in [0.2, 0.25) is 0 Å². The highest BCUT2D eigenvalue weighted by Gasteiger charge is 2.16. The van der Waals surface area contributed by atoms with E-state index in [1.54, 1.807) is 25.1 Å². The molecular formula is C19H16Cl2N2OS. The molecule has 128 valence electrons. The summed E-state index contributed by atoms with van der Waals surface area (Å²) in [6, 6.07) is 17.1. The SMILES string of the molecule is CN(C)C(=O)c1ccc2ccccc2c1NSc1cc(Cl)cc(Cl)c1. The number of fused-ring (bicyclic) bond motifs is 1. The van der Waals surface area contributed by atoms with Crippen LogP contribution in [0.5, 0.6) is 0 Å². The van der Waals surface area contributed by atoms with E-state index in [1.165, 1.54) is 11.9 Å². The maximum Gasteiger partial charge on any atom is 0.255 e. The van der Waals surface area contributed by atoms with Gasteiger partial charge in [-0.25, -0.2) is 0 Å². The average molecular weight is 391 g/mol. The van der Waals surface area contributed by atoms with Gasteiger partial charge in [0.05, 0.1) is 11.3 Å². The largest absolute Gasteiger partial charge is 0.345 e. The van der Waals surface area contributed by atoms with Crippen molar-refractivity contribution in [3.05, 3.63) is 70.2 Å². The molecule has 0 bridgehead atoms. The van der Waals surface area contributed by atoms with Crippen molar-refractivity contribution in [1.82, 2.24) is 4.90 Å². The molecule has 0 unspecified atom stereocenters. The number of hydrogen-bond acceptors (Lipinski definition) is 3. The van der Waals surface area contributed by atoms with Crippen LogP contribution < -0.4 is 4.72 Å². The fourth-order valence-electron chi connectivity index (χ4n) is 2.50. The summed E-state index contributed by atoms with van der Waals surface area (Å²) < 4.78 is 3.31. The minimum Gasteiger partial charge on any atom is -0.345 e. The second-order valence-corrected chi connectivity index (χ2v) is 7.47. The molecule has 0 fully saturated rings. The predicted octanol–water partition coefficient (Wildman–Crippen LogP) is 5.97. The molecule has 0 aliphatic rings. The van der Waals surface area contributed by atoms with Gasteiger partial charge in [-0.3, -0.25) is 4.79 Å². The van der Waals surface area contributed by atoms with Crippen LogP contribution in [0.4, 0.5) is 5.69 Å². The fourth-order valence-corrected chi connectivity index (χ4v) is 3.97. The van der Waals surface area contributed by atoms with Gasteiger partial charge in [0.1, 0.15) is 0 Å². The van der Waals surface area contributed by atoms with Crippen molar-refractivity contribution in [2.24, 2.45) is 0 Å². The van der Waals surface area contributed by atoms with Gasteiger partial charge >= 0.3 is 0 Å². The number of rotatable bonds is 4. The van der Waals surface area contributed by atoms with Gasteiger partial charge in [0.25, 0.3) is 5.91 Å². The highest BCUT2D eigenvalue weighted by atomic mass is 35.5. The summed E-state index contributed by atoms with van der Waals surface area (Å²) in [5.74, 6) is -0.0574. The quantitative estimate of drug-likeness (QED) is 0.557. The van der Waals surface area contributed by atoms with Crippen molar-refractivity contribution in [2.75, 3.05) is 18.8 Å². The monoisotopic (exact) mass is 390 g/mol. The van der Waals surface area contributed by atoms with Crippen LogP contribution in [0.1, 0.15) is 10.4 Å². The van der Waals surface area contributed by atoms with Crippen molar-refractivity contribution in [3.8, 4) is 0 Å². The van der Waals surface area contributed by atoms with E-state index < -0.39 is 0 Å². The van der Waals surface area contributed by atoms with Crippen LogP contribution in [-0.2, 0) is 0 Å². The molecule has 6 heteroatoms. The summed E-state index contributed by atoms with van der Waals surface area (Å²) in [5, 5.41) is 3.18. The van der Waals surface area contributed by atoms with E-state index in [0.717, 1.165) is 21.4 Å². The van der Waals surface area contributed by atoms with Gasteiger partial charge in [0.15, 0.2) is 0 Å². The van der Waals surface area contributed by atoms with Crippen molar-refractivity contribution in [3.63, 3.8) is 0 Å². The van der Waals surface area contributed by atoms with E-state index in [-0.39, 0.29) is 5.91 Å². The summed E-state index contributed by atoms with van der Waals surface area (Å²) in [6.45, 7) is 0. The third kappa shape index (κ3) is 4.03. The molecule has 3 rings (SSSR count).